The first kappa shape index (κ1) is 12.6. The van der Waals surface area contributed by atoms with Gasteiger partial charge in [-0.05, 0) is 6.92 Å². The Morgan fingerprint density at radius 1 is 1.31 bits per heavy atom. The second-order valence-electron chi connectivity index (χ2n) is 1.92. The van der Waals surface area contributed by atoms with Crippen molar-refractivity contribution in [3.05, 3.63) is 0 Å². The molecule has 0 aromatic heterocycles. The highest BCUT2D eigenvalue weighted by atomic mass is 32.2. The van der Waals surface area contributed by atoms with Gasteiger partial charge >= 0.3 is 11.4 Å². The monoisotopic (exact) mass is 225 g/mol. The van der Waals surface area contributed by atoms with Gasteiger partial charge in [0.1, 0.15) is 0 Å². The Hall–Kier alpha value is -0.410. The van der Waals surface area contributed by atoms with Crippen LogP contribution in [0.4, 0.5) is 17.6 Å². The van der Waals surface area contributed by atoms with Gasteiger partial charge in [-0.15, -0.1) is 0 Å². The minimum Gasteiger partial charge on any atom is -0.743 e. The van der Waals surface area contributed by atoms with Gasteiger partial charge < -0.3 is 9.29 Å². The van der Waals surface area contributed by atoms with Gasteiger partial charge in [0.25, 0.3) is 0 Å². The summed E-state index contributed by atoms with van der Waals surface area (Å²) in [6, 6.07) is 0. The van der Waals surface area contributed by atoms with E-state index < -0.39 is 28.1 Å². The molecule has 9 heteroatoms. The summed E-state index contributed by atoms with van der Waals surface area (Å²) in [6.45, 7) is 0.0967. The number of alkyl halides is 4. The molecule has 0 rings (SSSR count). The minimum absolute atomic E-state index is 0.849. The summed E-state index contributed by atoms with van der Waals surface area (Å²) >= 11 is 0. The molecule has 0 radical (unpaired) electrons. The van der Waals surface area contributed by atoms with E-state index in [9.17, 15) is 30.5 Å². The summed E-state index contributed by atoms with van der Waals surface area (Å²) in [5, 5.41) is -5.75. The highest BCUT2D eigenvalue weighted by Gasteiger charge is 2.63. The Bertz CT molecular complexity index is 272. The van der Waals surface area contributed by atoms with Crippen molar-refractivity contribution in [2.45, 2.75) is 18.3 Å². The molecule has 0 bridgehead atoms. The summed E-state index contributed by atoms with van der Waals surface area (Å²) in [4.78, 5) is 0. The molecule has 0 saturated heterocycles. The van der Waals surface area contributed by atoms with Crippen molar-refractivity contribution in [1.82, 2.24) is 0 Å². The van der Waals surface area contributed by atoms with Crippen LogP contribution in [-0.4, -0.2) is 30.9 Å². The molecule has 0 unspecified atom stereocenters. The third-order valence-corrected chi connectivity index (χ3v) is 1.84. The Balaban J connectivity index is 5.04. The first-order valence-electron chi connectivity index (χ1n) is 2.91. The summed E-state index contributed by atoms with van der Waals surface area (Å²) in [5.74, 6) is 0. The van der Waals surface area contributed by atoms with E-state index in [1.165, 1.54) is 0 Å². The van der Waals surface area contributed by atoms with E-state index in [0.29, 0.717) is 0 Å². The zero-order valence-corrected chi connectivity index (χ0v) is 7.08. The van der Waals surface area contributed by atoms with E-state index in [4.69, 9.17) is 0 Å². The zero-order valence-electron chi connectivity index (χ0n) is 6.26. The normalized spacial score (nSPS) is 14.6. The average Bonchev–Trinajstić information content (AvgIpc) is 1.84. The highest BCUT2D eigenvalue weighted by Crippen LogP contribution is 2.38. The van der Waals surface area contributed by atoms with Crippen LogP contribution in [0, 0.1) is 0 Å². The second kappa shape index (κ2) is 3.39. The van der Waals surface area contributed by atoms with Crippen molar-refractivity contribution in [2.75, 3.05) is 6.61 Å². The van der Waals surface area contributed by atoms with E-state index in [0.717, 1.165) is 6.92 Å². The van der Waals surface area contributed by atoms with Crippen LogP contribution in [0.1, 0.15) is 6.92 Å². The molecule has 0 heterocycles. The van der Waals surface area contributed by atoms with Gasteiger partial charge in [0.05, 0.1) is 6.61 Å². The standard InChI is InChI=1S/C4H6F4O4S/c1-2-12-3(5,6)4(7,8)13(9,10)11/h2H2,1H3,(H,9,10,11)/p-1. The maximum absolute atomic E-state index is 12.1. The number of rotatable bonds is 4. The summed E-state index contributed by atoms with van der Waals surface area (Å²) in [5.41, 5.74) is 0. The van der Waals surface area contributed by atoms with E-state index in [1.54, 1.807) is 0 Å². The molecule has 0 aliphatic rings. The molecule has 0 spiro atoms. The van der Waals surface area contributed by atoms with Crippen LogP contribution in [0.25, 0.3) is 0 Å². The third kappa shape index (κ3) is 2.29. The molecular weight excluding hydrogens is 220 g/mol. The smallest absolute Gasteiger partial charge is 0.433 e. The van der Waals surface area contributed by atoms with Gasteiger partial charge in [0.15, 0.2) is 10.1 Å². The fraction of sp³-hybridized carbons (Fsp3) is 1.00. The van der Waals surface area contributed by atoms with Crippen LogP contribution >= 0.6 is 0 Å². The topological polar surface area (TPSA) is 66.4 Å². The molecule has 0 aromatic rings. The molecule has 0 saturated carbocycles. The van der Waals surface area contributed by atoms with Crippen molar-refractivity contribution in [2.24, 2.45) is 0 Å². The Labute approximate surface area is 71.2 Å². The number of hydrogen-bond acceptors (Lipinski definition) is 4. The average molecular weight is 225 g/mol. The van der Waals surface area contributed by atoms with Crippen LogP contribution in [0.2, 0.25) is 0 Å². The summed E-state index contributed by atoms with van der Waals surface area (Å²) in [7, 11) is -6.44. The predicted octanol–water partition coefficient (Wildman–Crippen LogP) is 0.754. The van der Waals surface area contributed by atoms with Crippen LogP contribution in [0.5, 0.6) is 0 Å². The molecule has 13 heavy (non-hydrogen) atoms. The van der Waals surface area contributed by atoms with Crippen molar-refractivity contribution < 1.29 is 35.3 Å². The van der Waals surface area contributed by atoms with Crippen molar-refractivity contribution in [3.8, 4) is 0 Å². The van der Waals surface area contributed by atoms with Gasteiger partial charge in [-0.3, -0.25) is 0 Å². The number of ether oxygens (including phenoxy) is 1. The quantitative estimate of drug-likeness (QED) is 0.523. The van der Waals surface area contributed by atoms with Crippen LogP contribution in [-0.2, 0) is 14.9 Å². The van der Waals surface area contributed by atoms with Gasteiger partial charge in [-0.2, -0.15) is 17.6 Å². The molecule has 0 aliphatic heterocycles. The summed E-state index contributed by atoms with van der Waals surface area (Å²) < 4.78 is 80.8. The fourth-order valence-electron chi connectivity index (χ4n) is 0.411. The largest absolute Gasteiger partial charge is 0.743 e. The predicted molar refractivity (Wildman–Crippen MR) is 31.2 cm³/mol. The zero-order chi connectivity index (χ0) is 10.9. The number of hydrogen-bond donors (Lipinski definition) is 0. The van der Waals surface area contributed by atoms with Crippen molar-refractivity contribution in [1.29, 1.82) is 0 Å². The molecule has 0 N–H and O–H groups in total. The molecule has 0 aliphatic carbocycles. The molecule has 0 amide bonds. The maximum atomic E-state index is 12.1. The van der Waals surface area contributed by atoms with Crippen LogP contribution in [0.3, 0.4) is 0 Å². The Kier molecular flexibility index (Phi) is 3.28. The Morgan fingerprint density at radius 2 is 1.69 bits per heavy atom. The highest BCUT2D eigenvalue weighted by molar-refractivity contribution is 7.86. The van der Waals surface area contributed by atoms with E-state index in [1.807, 2.05) is 0 Å². The molecule has 80 valence electrons. The van der Waals surface area contributed by atoms with E-state index in [-0.39, 0.29) is 0 Å². The Morgan fingerprint density at radius 3 is 1.92 bits per heavy atom. The lowest BCUT2D eigenvalue weighted by Gasteiger charge is -2.27. The SMILES string of the molecule is CCOC(F)(F)C(F)(F)S(=O)(=O)[O-]. The first-order chi connectivity index (χ1) is 5.56. The molecular formula is C4H5F4O4S-. The van der Waals surface area contributed by atoms with Crippen molar-refractivity contribution >= 4 is 10.1 Å². The molecule has 0 atom stereocenters. The van der Waals surface area contributed by atoms with Crippen LogP contribution < -0.4 is 0 Å². The molecule has 4 nitrogen and oxygen atoms in total. The van der Waals surface area contributed by atoms with Gasteiger partial charge in [0, 0.05) is 0 Å². The van der Waals surface area contributed by atoms with Crippen LogP contribution in [0.15, 0.2) is 0 Å². The lowest BCUT2D eigenvalue weighted by atomic mass is 10.6. The van der Waals surface area contributed by atoms with Crippen molar-refractivity contribution in [3.63, 3.8) is 0 Å². The minimum atomic E-state index is -6.44. The molecule has 0 fully saturated rings. The molecule has 0 aromatic carbocycles. The lowest BCUT2D eigenvalue weighted by molar-refractivity contribution is -0.316. The van der Waals surface area contributed by atoms with E-state index >= 15 is 0 Å². The third-order valence-electron chi connectivity index (χ3n) is 0.978. The first-order valence-corrected chi connectivity index (χ1v) is 4.32. The van der Waals surface area contributed by atoms with Gasteiger partial charge in [-0.25, -0.2) is 8.42 Å². The second-order valence-corrected chi connectivity index (χ2v) is 3.34. The fourth-order valence-corrected chi connectivity index (χ4v) is 0.761. The lowest BCUT2D eigenvalue weighted by Crippen LogP contribution is -2.48. The van der Waals surface area contributed by atoms with E-state index in [2.05, 4.69) is 4.74 Å². The number of halogens is 4. The summed E-state index contributed by atoms with van der Waals surface area (Å²) in [6.07, 6.45) is -5.30. The van der Waals surface area contributed by atoms with Gasteiger partial charge in [0.2, 0.25) is 0 Å². The van der Waals surface area contributed by atoms with Gasteiger partial charge in [-0.1, -0.05) is 0 Å². The maximum Gasteiger partial charge on any atom is 0.433 e.